The number of anilines is 1. The third-order valence-electron chi connectivity index (χ3n) is 3.53. The van der Waals surface area contributed by atoms with Gasteiger partial charge in [0.1, 0.15) is 5.82 Å². The Bertz CT molecular complexity index is 419. The third kappa shape index (κ3) is 3.22. The zero-order valence-electron chi connectivity index (χ0n) is 10.6. The lowest BCUT2D eigenvalue weighted by atomic mass is 9.87. The van der Waals surface area contributed by atoms with Gasteiger partial charge in [0.05, 0.1) is 0 Å². The first-order valence-electron chi connectivity index (χ1n) is 6.41. The van der Waals surface area contributed by atoms with E-state index < -0.39 is 5.82 Å². The van der Waals surface area contributed by atoms with Crippen LogP contribution in [-0.2, 0) is 0 Å². The van der Waals surface area contributed by atoms with Gasteiger partial charge in [-0.1, -0.05) is 6.92 Å². The van der Waals surface area contributed by atoms with E-state index in [0.717, 1.165) is 31.6 Å². The highest BCUT2D eigenvalue weighted by molar-refractivity contribution is 5.95. The molecule has 3 N–H and O–H groups in total. The van der Waals surface area contributed by atoms with Crippen molar-refractivity contribution in [1.29, 1.82) is 0 Å². The first kappa shape index (κ1) is 12.9. The fraction of sp³-hybridized carbons (Fsp3) is 0.500. The summed E-state index contributed by atoms with van der Waals surface area (Å²) in [7, 11) is 0. The molecule has 98 valence electrons. The Kier molecular flexibility index (Phi) is 3.84. The van der Waals surface area contributed by atoms with Gasteiger partial charge in [0.15, 0.2) is 0 Å². The summed E-state index contributed by atoms with van der Waals surface area (Å²) < 4.78 is 13.2. The van der Waals surface area contributed by atoms with Crippen LogP contribution in [0.5, 0.6) is 0 Å². The summed E-state index contributed by atoms with van der Waals surface area (Å²) >= 11 is 0. The average Bonchev–Trinajstić information content (AvgIpc) is 2.31. The Hall–Kier alpha value is -1.58. The third-order valence-corrected chi connectivity index (χ3v) is 3.53. The maximum Gasteiger partial charge on any atom is 0.251 e. The van der Waals surface area contributed by atoms with Crippen molar-refractivity contribution >= 4 is 11.6 Å². The maximum atomic E-state index is 13.2. The van der Waals surface area contributed by atoms with Gasteiger partial charge in [-0.3, -0.25) is 4.79 Å². The van der Waals surface area contributed by atoms with Crippen LogP contribution in [0.3, 0.4) is 0 Å². The second-order valence-electron chi connectivity index (χ2n) is 5.20. The fourth-order valence-electron chi connectivity index (χ4n) is 2.42. The van der Waals surface area contributed by atoms with E-state index in [9.17, 15) is 9.18 Å². The lowest BCUT2D eigenvalue weighted by Gasteiger charge is -2.26. The lowest BCUT2D eigenvalue weighted by Crippen LogP contribution is -2.37. The molecular weight excluding hydrogens is 231 g/mol. The highest BCUT2D eigenvalue weighted by Gasteiger charge is 2.20. The van der Waals surface area contributed by atoms with Crippen molar-refractivity contribution in [2.45, 2.75) is 38.6 Å². The van der Waals surface area contributed by atoms with Crippen molar-refractivity contribution in [3.8, 4) is 0 Å². The van der Waals surface area contributed by atoms with Crippen LogP contribution in [0.15, 0.2) is 18.2 Å². The van der Waals surface area contributed by atoms with E-state index in [1.54, 1.807) is 0 Å². The number of amides is 1. The zero-order chi connectivity index (χ0) is 13.1. The van der Waals surface area contributed by atoms with E-state index in [2.05, 4.69) is 12.2 Å². The van der Waals surface area contributed by atoms with Gasteiger partial charge in [-0.2, -0.15) is 0 Å². The number of hydrogen-bond acceptors (Lipinski definition) is 2. The smallest absolute Gasteiger partial charge is 0.251 e. The first-order chi connectivity index (χ1) is 8.54. The molecule has 1 aromatic carbocycles. The molecule has 0 spiro atoms. The number of carbonyl (C=O) groups is 1. The van der Waals surface area contributed by atoms with Crippen molar-refractivity contribution in [2.24, 2.45) is 5.92 Å². The molecule has 0 bridgehead atoms. The Morgan fingerprint density at radius 2 is 1.94 bits per heavy atom. The van der Waals surface area contributed by atoms with Crippen LogP contribution in [0.4, 0.5) is 10.1 Å². The zero-order valence-corrected chi connectivity index (χ0v) is 10.6. The van der Waals surface area contributed by atoms with Crippen LogP contribution < -0.4 is 11.1 Å². The molecule has 1 aromatic rings. The number of halogens is 1. The summed E-state index contributed by atoms with van der Waals surface area (Å²) in [6.45, 7) is 2.23. The van der Waals surface area contributed by atoms with E-state index in [0.29, 0.717) is 5.56 Å². The number of hydrogen-bond donors (Lipinski definition) is 2. The summed E-state index contributed by atoms with van der Waals surface area (Å²) in [5.41, 5.74) is 6.10. The summed E-state index contributed by atoms with van der Waals surface area (Å²) in [5, 5.41) is 2.95. The van der Waals surface area contributed by atoms with Gasteiger partial charge in [0, 0.05) is 17.3 Å². The Labute approximate surface area is 107 Å². The highest BCUT2D eigenvalue weighted by Crippen LogP contribution is 2.23. The largest absolute Gasteiger partial charge is 0.399 e. The van der Waals surface area contributed by atoms with E-state index in [1.165, 1.54) is 18.2 Å². The van der Waals surface area contributed by atoms with Gasteiger partial charge >= 0.3 is 0 Å². The minimum Gasteiger partial charge on any atom is -0.399 e. The monoisotopic (exact) mass is 250 g/mol. The van der Waals surface area contributed by atoms with Crippen molar-refractivity contribution in [1.82, 2.24) is 5.32 Å². The molecule has 2 rings (SSSR count). The van der Waals surface area contributed by atoms with Crippen LogP contribution in [0.2, 0.25) is 0 Å². The number of nitrogen functional groups attached to an aromatic ring is 1. The topological polar surface area (TPSA) is 55.1 Å². The normalized spacial score (nSPS) is 23.7. The molecule has 18 heavy (non-hydrogen) atoms. The van der Waals surface area contributed by atoms with Gasteiger partial charge in [-0.15, -0.1) is 0 Å². The minimum atomic E-state index is -0.475. The fourth-order valence-corrected chi connectivity index (χ4v) is 2.42. The minimum absolute atomic E-state index is 0.207. The molecule has 1 fully saturated rings. The summed E-state index contributed by atoms with van der Waals surface area (Å²) in [4.78, 5) is 12.0. The molecule has 3 nitrogen and oxygen atoms in total. The molecule has 1 saturated carbocycles. The summed E-state index contributed by atoms with van der Waals surface area (Å²) in [5.74, 6) is 0.0288. The second-order valence-corrected chi connectivity index (χ2v) is 5.20. The van der Waals surface area contributed by atoms with E-state index in [1.807, 2.05) is 0 Å². The highest BCUT2D eigenvalue weighted by atomic mass is 19.1. The van der Waals surface area contributed by atoms with Crippen molar-refractivity contribution in [3.05, 3.63) is 29.6 Å². The number of carbonyl (C=O) groups excluding carboxylic acids is 1. The quantitative estimate of drug-likeness (QED) is 0.793. The predicted octanol–water partition coefficient (Wildman–Crippen LogP) is 2.72. The standard InChI is InChI=1S/C14H19FN2O/c1-9-2-4-13(5-3-9)17-14(18)10-6-11(15)8-12(16)7-10/h6-9,13H,2-5,16H2,1H3,(H,17,18). The SMILES string of the molecule is CC1CCC(NC(=O)c2cc(N)cc(F)c2)CC1. The van der Waals surface area contributed by atoms with Crippen LogP contribution in [0, 0.1) is 11.7 Å². The van der Waals surface area contributed by atoms with Gasteiger partial charge in [-0.25, -0.2) is 4.39 Å². The van der Waals surface area contributed by atoms with Crippen molar-refractivity contribution in [2.75, 3.05) is 5.73 Å². The summed E-state index contributed by atoms with van der Waals surface area (Å²) in [6, 6.07) is 4.14. The Morgan fingerprint density at radius 1 is 1.28 bits per heavy atom. The van der Waals surface area contributed by atoms with Crippen LogP contribution in [0.1, 0.15) is 43.0 Å². The Morgan fingerprint density at radius 3 is 2.56 bits per heavy atom. The molecule has 0 saturated heterocycles. The molecule has 0 radical (unpaired) electrons. The Balaban J connectivity index is 1.99. The first-order valence-corrected chi connectivity index (χ1v) is 6.41. The lowest BCUT2D eigenvalue weighted by molar-refractivity contribution is 0.0922. The van der Waals surface area contributed by atoms with Gasteiger partial charge in [0.25, 0.3) is 5.91 Å². The van der Waals surface area contributed by atoms with Crippen LogP contribution in [-0.4, -0.2) is 11.9 Å². The number of benzene rings is 1. The molecule has 0 atom stereocenters. The van der Waals surface area contributed by atoms with E-state index >= 15 is 0 Å². The van der Waals surface area contributed by atoms with Crippen LogP contribution in [0.25, 0.3) is 0 Å². The number of nitrogens with one attached hydrogen (secondary N) is 1. The molecule has 0 unspecified atom stereocenters. The predicted molar refractivity (Wildman–Crippen MR) is 69.7 cm³/mol. The summed E-state index contributed by atoms with van der Waals surface area (Å²) in [6.07, 6.45) is 4.27. The van der Waals surface area contributed by atoms with E-state index in [4.69, 9.17) is 5.73 Å². The van der Waals surface area contributed by atoms with Gasteiger partial charge in [0.2, 0.25) is 0 Å². The number of nitrogens with two attached hydrogens (primary N) is 1. The van der Waals surface area contributed by atoms with E-state index in [-0.39, 0.29) is 17.6 Å². The average molecular weight is 250 g/mol. The molecule has 1 amide bonds. The molecule has 0 heterocycles. The molecule has 1 aliphatic carbocycles. The molecule has 0 aromatic heterocycles. The number of rotatable bonds is 2. The maximum absolute atomic E-state index is 13.2. The second kappa shape index (κ2) is 5.38. The molecule has 1 aliphatic rings. The van der Waals surface area contributed by atoms with Crippen molar-refractivity contribution in [3.63, 3.8) is 0 Å². The van der Waals surface area contributed by atoms with Gasteiger partial charge in [-0.05, 0) is 49.8 Å². The van der Waals surface area contributed by atoms with Crippen LogP contribution >= 0.6 is 0 Å². The van der Waals surface area contributed by atoms with Crippen molar-refractivity contribution < 1.29 is 9.18 Å². The molecule has 0 aliphatic heterocycles. The molecule has 4 heteroatoms. The van der Waals surface area contributed by atoms with Gasteiger partial charge < -0.3 is 11.1 Å². The molecular formula is C14H19FN2O.